The van der Waals surface area contributed by atoms with E-state index < -0.39 is 0 Å². The van der Waals surface area contributed by atoms with Gasteiger partial charge in [-0.25, -0.2) is 5.01 Å². The second-order valence-corrected chi connectivity index (χ2v) is 2.98. The lowest BCUT2D eigenvalue weighted by Gasteiger charge is -2.08. The van der Waals surface area contributed by atoms with Gasteiger partial charge in [0.05, 0.1) is 0 Å². The third kappa shape index (κ3) is 2.89. The first-order valence-electron chi connectivity index (χ1n) is 3.39. The van der Waals surface area contributed by atoms with Crippen molar-refractivity contribution in [1.29, 1.82) is 0 Å². The molecule has 0 spiro atoms. The van der Waals surface area contributed by atoms with E-state index in [4.69, 9.17) is 17.4 Å². The predicted octanol–water partition coefficient (Wildman–Crippen LogP) is 1.65. The zero-order chi connectivity index (χ0) is 8.27. The van der Waals surface area contributed by atoms with E-state index in [1.54, 1.807) is 5.01 Å². The normalized spacial score (nSPS) is 10.5. The Bertz CT molecular complexity index is 218. The maximum atomic E-state index is 5.70. The second-order valence-electron chi connectivity index (χ2n) is 2.54. The van der Waals surface area contributed by atoms with Crippen molar-refractivity contribution in [1.82, 2.24) is 5.01 Å². The molecule has 0 aromatic heterocycles. The molecule has 0 saturated carbocycles. The van der Waals surface area contributed by atoms with Crippen molar-refractivity contribution >= 4 is 11.6 Å². The van der Waals surface area contributed by atoms with E-state index in [-0.39, 0.29) is 0 Å². The molecule has 1 aromatic rings. The van der Waals surface area contributed by atoms with E-state index in [1.165, 1.54) is 5.56 Å². The Labute approximate surface area is 71.5 Å². The molecule has 1 aromatic carbocycles. The molecule has 2 nitrogen and oxygen atoms in total. The van der Waals surface area contributed by atoms with E-state index in [0.29, 0.717) is 0 Å². The van der Waals surface area contributed by atoms with Crippen LogP contribution >= 0.6 is 11.6 Å². The van der Waals surface area contributed by atoms with Crippen LogP contribution in [0.2, 0.25) is 5.02 Å². The monoisotopic (exact) mass is 170 g/mol. The lowest BCUT2D eigenvalue weighted by molar-refractivity contribution is 0.341. The molecule has 0 heterocycles. The summed E-state index contributed by atoms with van der Waals surface area (Å²) in [7, 11) is 1.83. The molecule has 11 heavy (non-hydrogen) atoms. The summed E-state index contributed by atoms with van der Waals surface area (Å²) in [6, 6.07) is 7.65. The van der Waals surface area contributed by atoms with Gasteiger partial charge in [0, 0.05) is 18.6 Å². The minimum atomic E-state index is 0.747. The minimum absolute atomic E-state index is 0.747. The number of halogens is 1. The lowest BCUT2D eigenvalue weighted by atomic mass is 10.2. The van der Waals surface area contributed by atoms with E-state index in [2.05, 4.69) is 0 Å². The fourth-order valence-electron chi connectivity index (χ4n) is 0.878. The molecule has 3 heteroatoms. The maximum Gasteiger partial charge on any atom is 0.0406 e. The van der Waals surface area contributed by atoms with Gasteiger partial charge in [-0.3, -0.25) is 5.84 Å². The summed E-state index contributed by atoms with van der Waals surface area (Å²) in [6.07, 6.45) is 0. The molecular weight excluding hydrogens is 160 g/mol. The van der Waals surface area contributed by atoms with Crippen LogP contribution in [0.3, 0.4) is 0 Å². The number of hydrazine groups is 1. The highest BCUT2D eigenvalue weighted by Gasteiger charge is 1.93. The molecule has 0 amide bonds. The SMILES string of the molecule is CN(N)Cc1ccc(Cl)cc1. The number of hydrogen-bond acceptors (Lipinski definition) is 2. The average Bonchev–Trinajstić information content (AvgIpc) is 1.93. The highest BCUT2D eigenvalue weighted by atomic mass is 35.5. The summed E-state index contributed by atoms with van der Waals surface area (Å²) in [5.74, 6) is 5.46. The van der Waals surface area contributed by atoms with Gasteiger partial charge in [-0.05, 0) is 17.7 Å². The van der Waals surface area contributed by atoms with Gasteiger partial charge in [0.2, 0.25) is 0 Å². The van der Waals surface area contributed by atoms with Crippen molar-refractivity contribution in [2.24, 2.45) is 5.84 Å². The lowest BCUT2D eigenvalue weighted by Crippen LogP contribution is -2.24. The fraction of sp³-hybridized carbons (Fsp3) is 0.250. The highest BCUT2D eigenvalue weighted by Crippen LogP contribution is 2.09. The van der Waals surface area contributed by atoms with Crippen LogP contribution in [-0.2, 0) is 6.54 Å². The summed E-state index contributed by atoms with van der Waals surface area (Å²) in [5, 5.41) is 2.39. The zero-order valence-corrected chi connectivity index (χ0v) is 7.17. The summed E-state index contributed by atoms with van der Waals surface area (Å²) in [6.45, 7) is 0.747. The van der Waals surface area contributed by atoms with Crippen molar-refractivity contribution in [2.75, 3.05) is 7.05 Å². The van der Waals surface area contributed by atoms with Crippen LogP contribution < -0.4 is 5.84 Å². The molecule has 0 atom stereocenters. The van der Waals surface area contributed by atoms with Crippen LogP contribution in [-0.4, -0.2) is 12.1 Å². The number of hydrogen-bond donors (Lipinski definition) is 1. The largest absolute Gasteiger partial charge is 0.269 e. The third-order valence-corrected chi connectivity index (χ3v) is 1.60. The summed E-state index contributed by atoms with van der Waals surface area (Å²) in [4.78, 5) is 0. The topological polar surface area (TPSA) is 29.3 Å². The van der Waals surface area contributed by atoms with Gasteiger partial charge in [0.1, 0.15) is 0 Å². The Morgan fingerprint density at radius 2 is 1.91 bits per heavy atom. The first-order valence-corrected chi connectivity index (χ1v) is 3.76. The van der Waals surface area contributed by atoms with Gasteiger partial charge in [-0.2, -0.15) is 0 Å². The smallest absolute Gasteiger partial charge is 0.0406 e. The Balaban J connectivity index is 2.66. The van der Waals surface area contributed by atoms with Gasteiger partial charge in [0.25, 0.3) is 0 Å². The van der Waals surface area contributed by atoms with E-state index in [0.717, 1.165) is 11.6 Å². The van der Waals surface area contributed by atoms with Crippen LogP contribution in [0.4, 0.5) is 0 Å². The van der Waals surface area contributed by atoms with Crippen LogP contribution in [0.25, 0.3) is 0 Å². The molecule has 0 fully saturated rings. The number of nitrogens with zero attached hydrogens (tertiary/aromatic N) is 1. The van der Waals surface area contributed by atoms with Crippen LogP contribution in [0.15, 0.2) is 24.3 Å². The van der Waals surface area contributed by atoms with E-state index in [1.807, 2.05) is 31.3 Å². The Morgan fingerprint density at radius 3 is 2.36 bits per heavy atom. The number of rotatable bonds is 2. The van der Waals surface area contributed by atoms with E-state index >= 15 is 0 Å². The Kier molecular flexibility index (Phi) is 2.88. The molecule has 0 aliphatic rings. The van der Waals surface area contributed by atoms with Crippen LogP contribution in [0.5, 0.6) is 0 Å². The van der Waals surface area contributed by atoms with Crippen molar-refractivity contribution < 1.29 is 0 Å². The third-order valence-electron chi connectivity index (χ3n) is 1.35. The van der Waals surface area contributed by atoms with Gasteiger partial charge >= 0.3 is 0 Å². The minimum Gasteiger partial charge on any atom is -0.269 e. The molecule has 0 radical (unpaired) electrons. The van der Waals surface area contributed by atoms with Crippen molar-refractivity contribution in [2.45, 2.75) is 6.54 Å². The quantitative estimate of drug-likeness (QED) is 0.540. The van der Waals surface area contributed by atoms with Crippen LogP contribution in [0, 0.1) is 0 Å². The summed E-state index contributed by atoms with van der Waals surface area (Å²) >= 11 is 5.70. The standard InChI is InChI=1S/C8H11ClN2/c1-11(10)6-7-2-4-8(9)5-3-7/h2-5H,6,10H2,1H3. The predicted molar refractivity (Wildman–Crippen MR) is 47.1 cm³/mol. The van der Waals surface area contributed by atoms with Gasteiger partial charge < -0.3 is 0 Å². The van der Waals surface area contributed by atoms with Crippen molar-refractivity contribution in [3.05, 3.63) is 34.9 Å². The summed E-state index contributed by atoms with van der Waals surface area (Å²) < 4.78 is 0. The first kappa shape index (κ1) is 8.53. The van der Waals surface area contributed by atoms with Gasteiger partial charge in [0.15, 0.2) is 0 Å². The highest BCUT2D eigenvalue weighted by molar-refractivity contribution is 6.30. The molecule has 2 N–H and O–H groups in total. The molecule has 0 aliphatic carbocycles. The maximum absolute atomic E-state index is 5.70. The number of benzene rings is 1. The molecular formula is C8H11ClN2. The molecule has 60 valence electrons. The fourth-order valence-corrected chi connectivity index (χ4v) is 1.00. The average molecular weight is 171 g/mol. The molecule has 1 rings (SSSR count). The zero-order valence-electron chi connectivity index (χ0n) is 6.42. The molecule has 0 saturated heterocycles. The Morgan fingerprint density at radius 1 is 1.36 bits per heavy atom. The summed E-state index contributed by atoms with van der Waals surface area (Å²) in [5.41, 5.74) is 1.17. The second kappa shape index (κ2) is 3.72. The van der Waals surface area contributed by atoms with Gasteiger partial charge in [-0.1, -0.05) is 23.7 Å². The Hall–Kier alpha value is -0.570. The number of nitrogens with two attached hydrogens (primary N) is 1. The first-order chi connectivity index (χ1) is 5.18. The van der Waals surface area contributed by atoms with Crippen molar-refractivity contribution in [3.8, 4) is 0 Å². The van der Waals surface area contributed by atoms with Crippen LogP contribution in [0.1, 0.15) is 5.56 Å². The van der Waals surface area contributed by atoms with Gasteiger partial charge in [-0.15, -0.1) is 0 Å². The molecule has 0 aliphatic heterocycles. The van der Waals surface area contributed by atoms with Crippen molar-refractivity contribution in [3.63, 3.8) is 0 Å². The molecule has 0 bridgehead atoms. The molecule has 0 unspecified atom stereocenters. The van der Waals surface area contributed by atoms with E-state index in [9.17, 15) is 0 Å².